The maximum atomic E-state index is 13.6. The van der Waals surface area contributed by atoms with Gasteiger partial charge < -0.3 is 10.4 Å². The van der Waals surface area contributed by atoms with E-state index in [4.69, 9.17) is 5.11 Å². The second kappa shape index (κ2) is 6.95. The van der Waals surface area contributed by atoms with E-state index in [1.54, 1.807) is 0 Å². The minimum atomic E-state index is -1.35. The molecule has 5 nitrogen and oxygen atoms in total. The molecule has 2 N–H and O–H groups in total. The zero-order valence-corrected chi connectivity index (χ0v) is 10.6. The molecule has 0 unspecified atom stereocenters. The maximum absolute atomic E-state index is 13.6. The van der Waals surface area contributed by atoms with E-state index in [9.17, 15) is 14.0 Å². The molecule has 0 spiro atoms. The van der Waals surface area contributed by atoms with Gasteiger partial charge in [-0.3, -0.25) is 4.79 Å². The first kappa shape index (κ1) is 14.4. The minimum Gasteiger partial charge on any atom is -0.478 e. The average Bonchev–Trinajstić information content (AvgIpc) is 2.34. The number of pyridine rings is 1. The van der Waals surface area contributed by atoms with E-state index in [0.29, 0.717) is 6.54 Å². The summed E-state index contributed by atoms with van der Waals surface area (Å²) < 4.78 is 13.6. The van der Waals surface area contributed by atoms with Gasteiger partial charge in [-0.1, -0.05) is 18.7 Å². The van der Waals surface area contributed by atoms with E-state index < -0.39 is 17.3 Å². The van der Waals surface area contributed by atoms with E-state index in [-0.39, 0.29) is 16.7 Å². The van der Waals surface area contributed by atoms with Crippen LogP contribution in [0.2, 0.25) is 0 Å². The molecule has 18 heavy (non-hydrogen) atoms. The van der Waals surface area contributed by atoms with Crippen LogP contribution in [0, 0.1) is 5.82 Å². The van der Waals surface area contributed by atoms with Crippen molar-refractivity contribution in [2.24, 2.45) is 0 Å². The largest absolute Gasteiger partial charge is 0.478 e. The fourth-order valence-electron chi connectivity index (χ4n) is 1.14. The molecule has 1 heterocycles. The van der Waals surface area contributed by atoms with Gasteiger partial charge in [0.1, 0.15) is 5.03 Å². The summed E-state index contributed by atoms with van der Waals surface area (Å²) >= 11 is 0.876. The Labute approximate surface area is 108 Å². The Bertz CT molecular complexity index is 454. The number of carbonyl (C=O) groups is 2. The van der Waals surface area contributed by atoms with Gasteiger partial charge in [-0.2, -0.15) is 0 Å². The molecule has 1 aromatic heterocycles. The second-order valence-electron chi connectivity index (χ2n) is 3.42. The summed E-state index contributed by atoms with van der Waals surface area (Å²) in [6.45, 7) is 2.48. The molecule has 0 atom stereocenters. The number of carbonyl (C=O) groups excluding carboxylic acids is 1. The van der Waals surface area contributed by atoms with Crippen molar-refractivity contribution in [3.05, 3.63) is 23.6 Å². The topological polar surface area (TPSA) is 79.3 Å². The highest BCUT2D eigenvalue weighted by Crippen LogP contribution is 2.21. The Balaban J connectivity index is 2.65. The first-order chi connectivity index (χ1) is 8.56. The number of halogens is 1. The quantitative estimate of drug-likeness (QED) is 0.768. The Hall–Kier alpha value is -1.63. The summed E-state index contributed by atoms with van der Waals surface area (Å²) in [6.07, 6.45) is 2.02. The van der Waals surface area contributed by atoms with Crippen LogP contribution in [-0.2, 0) is 4.79 Å². The molecule has 0 saturated heterocycles. The van der Waals surface area contributed by atoms with Crippen LogP contribution >= 0.6 is 11.8 Å². The number of carboxylic acids is 1. The highest BCUT2D eigenvalue weighted by atomic mass is 32.2. The van der Waals surface area contributed by atoms with E-state index in [0.717, 1.165) is 24.2 Å². The summed E-state index contributed by atoms with van der Waals surface area (Å²) in [5, 5.41) is 11.3. The van der Waals surface area contributed by atoms with Gasteiger partial charge in [-0.05, 0) is 12.5 Å². The summed E-state index contributed by atoms with van der Waals surface area (Å²) in [6, 6.07) is 1.08. The van der Waals surface area contributed by atoms with Crippen LogP contribution in [-0.4, -0.2) is 34.3 Å². The van der Waals surface area contributed by atoms with Crippen molar-refractivity contribution < 1.29 is 19.1 Å². The molecular weight excluding hydrogens is 259 g/mol. The van der Waals surface area contributed by atoms with Crippen LogP contribution in [0.15, 0.2) is 17.3 Å². The third-order valence-electron chi connectivity index (χ3n) is 2.00. The lowest BCUT2D eigenvalue weighted by Gasteiger charge is -2.05. The summed E-state index contributed by atoms with van der Waals surface area (Å²) in [7, 11) is 0. The Morgan fingerprint density at radius 1 is 1.56 bits per heavy atom. The lowest BCUT2D eigenvalue weighted by atomic mass is 10.3. The number of amides is 1. The number of carboxylic acid groups (broad SMARTS) is 1. The van der Waals surface area contributed by atoms with Crippen LogP contribution in [0.3, 0.4) is 0 Å². The first-order valence-electron chi connectivity index (χ1n) is 5.33. The van der Waals surface area contributed by atoms with Gasteiger partial charge in [0.2, 0.25) is 5.91 Å². The molecule has 1 rings (SSSR count). The van der Waals surface area contributed by atoms with Crippen molar-refractivity contribution in [1.82, 2.24) is 10.3 Å². The monoisotopic (exact) mass is 272 g/mol. The summed E-state index contributed by atoms with van der Waals surface area (Å²) in [5.74, 6) is -2.48. The molecule has 1 aromatic rings. The van der Waals surface area contributed by atoms with Crippen LogP contribution < -0.4 is 5.32 Å². The molecular formula is C11H13FN2O3S. The zero-order valence-electron chi connectivity index (χ0n) is 9.77. The molecule has 0 bridgehead atoms. The van der Waals surface area contributed by atoms with Crippen molar-refractivity contribution >= 4 is 23.6 Å². The van der Waals surface area contributed by atoms with Crippen LogP contribution in [0.4, 0.5) is 4.39 Å². The second-order valence-corrected chi connectivity index (χ2v) is 4.39. The Morgan fingerprint density at radius 3 is 2.89 bits per heavy atom. The summed E-state index contributed by atoms with van der Waals surface area (Å²) in [5.41, 5.74) is -0.443. The smallest absolute Gasteiger partial charge is 0.338 e. The van der Waals surface area contributed by atoms with Gasteiger partial charge in [0.15, 0.2) is 5.82 Å². The Kier molecular flexibility index (Phi) is 5.57. The first-order valence-corrected chi connectivity index (χ1v) is 6.32. The number of nitrogens with one attached hydrogen (secondary N) is 1. The number of thioether (sulfide) groups is 1. The van der Waals surface area contributed by atoms with Crippen molar-refractivity contribution in [3.63, 3.8) is 0 Å². The highest BCUT2D eigenvalue weighted by molar-refractivity contribution is 7.99. The predicted octanol–water partition coefficient (Wildman–Crippen LogP) is 1.54. The van der Waals surface area contributed by atoms with Crippen molar-refractivity contribution in [2.75, 3.05) is 12.3 Å². The van der Waals surface area contributed by atoms with Gasteiger partial charge in [-0.25, -0.2) is 14.2 Å². The molecule has 0 aliphatic heterocycles. The number of hydrogen-bond donors (Lipinski definition) is 2. The normalized spacial score (nSPS) is 10.1. The molecule has 0 aromatic carbocycles. The molecule has 0 fully saturated rings. The lowest BCUT2D eigenvalue weighted by Crippen LogP contribution is -2.25. The van der Waals surface area contributed by atoms with Gasteiger partial charge in [0.25, 0.3) is 0 Å². The SMILES string of the molecule is CCCNC(=O)CSc1nccc(C(=O)O)c1F. The average molecular weight is 272 g/mol. The lowest BCUT2D eigenvalue weighted by molar-refractivity contribution is -0.118. The van der Waals surface area contributed by atoms with Gasteiger partial charge in [0.05, 0.1) is 11.3 Å². The van der Waals surface area contributed by atoms with Crippen molar-refractivity contribution in [1.29, 1.82) is 0 Å². The van der Waals surface area contributed by atoms with Crippen molar-refractivity contribution in [3.8, 4) is 0 Å². The minimum absolute atomic E-state index is 0.00694. The maximum Gasteiger partial charge on any atom is 0.338 e. The molecule has 0 radical (unpaired) electrons. The zero-order chi connectivity index (χ0) is 13.5. The third kappa shape index (κ3) is 3.99. The standard InChI is InChI=1S/C11H13FN2O3S/c1-2-4-13-8(15)6-18-10-9(12)7(11(16)17)3-5-14-10/h3,5H,2,4,6H2,1H3,(H,13,15)(H,16,17). The van der Waals surface area contributed by atoms with Crippen LogP contribution in [0.25, 0.3) is 0 Å². The molecule has 98 valence electrons. The van der Waals surface area contributed by atoms with E-state index in [2.05, 4.69) is 10.3 Å². The molecule has 0 aliphatic rings. The summed E-state index contributed by atoms with van der Waals surface area (Å²) in [4.78, 5) is 25.7. The van der Waals surface area contributed by atoms with Crippen LogP contribution in [0.5, 0.6) is 0 Å². The molecule has 7 heteroatoms. The van der Waals surface area contributed by atoms with Crippen molar-refractivity contribution in [2.45, 2.75) is 18.4 Å². The Morgan fingerprint density at radius 2 is 2.28 bits per heavy atom. The van der Waals surface area contributed by atoms with E-state index >= 15 is 0 Å². The van der Waals surface area contributed by atoms with E-state index in [1.165, 1.54) is 6.20 Å². The highest BCUT2D eigenvalue weighted by Gasteiger charge is 2.16. The number of hydrogen-bond acceptors (Lipinski definition) is 4. The number of rotatable bonds is 6. The number of nitrogens with zero attached hydrogens (tertiary/aromatic N) is 1. The number of aromatic carboxylic acids is 1. The fraction of sp³-hybridized carbons (Fsp3) is 0.364. The molecule has 0 aliphatic carbocycles. The predicted molar refractivity (Wildman–Crippen MR) is 65.2 cm³/mol. The fourth-order valence-corrected chi connectivity index (χ4v) is 1.88. The van der Waals surface area contributed by atoms with Gasteiger partial charge >= 0.3 is 5.97 Å². The molecule has 1 amide bonds. The third-order valence-corrected chi connectivity index (χ3v) is 2.96. The van der Waals surface area contributed by atoms with E-state index in [1.807, 2.05) is 6.92 Å². The number of aromatic nitrogens is 1. The van der Waals surface area contributed by atoms with Gasteiger partial charge in [0, 0.05) is 12.7 Å². The molecule has 0 saturated carbocycles. The van der Waals surface area contributed by atoms with Crippen LogP contribution in [0.1, 0.15) is 23.7 Å². The van der Waals surface area contributed by atoms with Gasteiger partial charge in [-0.15, -0.1) is 0 Å².